The minimum absolute atomic E-state index is 0.0227. The van der Waals surface area contributed by atoms with E-state index in [2.05, 4.69) is 17.6 Å². The third kappa shape index (κ3) is 19.7. The second-order valence-electron chi connectivity index (χ2n) is 11.9. The highest BCUT2D eigenvalue weighted by atomic mass is 16.5. The molecule has 0 saturated carbocycles. The Balaban J connectivity index is 4.19. The van der Waals surface area contributed by atoms with E-state index in [-0.39, 0.29) is 24.5 Å². The lowest BCUT2D eigenvalue weighted by Crippen LogP contribution is -2.55. The first-order chi connectivity index (χ1) is 19.3. The molecule has 0 rings (SSSR count). The monoisotopic (exact) mass is 586 g/mol. The van der Waals surface area contributed by atoms with Crippen LogP contribution in [-0.4, -0.2) is 83.8 Å². The van der Waals surface area contributed by atoms with E-state index in [0.29, 0.717) is 6.42 Å². The van der Waals surface area contributed by atoms with Crippen LogP contribution in [0.5, 0.6) is 0 Å². The summed E-state index contributed by atoms with van der Waals surface area (Å²) in [6.07, 6.45) is 10.2. The molecule has 10 nitrogen and oxygen atoms in total. The smallest absolute Gasteiger partial charge is 0.305 e. The van der Waals surface area contributed by atoms with Gasteiger partial charge in [-0.2, -0.15) is 0 Å². The standard InChI is InChI=1S/C31H58N2O8/c1-7-8-9-10-11-12-13-14-15-16-17-18-25(35)41-22-21-32-29(38)23(2)33-30(39)28(40-6)27(37)26(36)24(34)19-20-31(3,4)5/h19-20,23-24,26-28,34,36-37H,7-18,21-22H2,1-6H3,(H,32,38)(H,33,39)/t23-,24+,26-,27+,28+/m0/s1. The summed E-state index contributed by atoms with van der Waals surface area (Å²) in [5.41, 5.74) is -0.253. The molecular weight excluding hydrogens is 528 g/mol. The molecule has 0 spiro atoms. The molecule has 0 aliphatic heterocycles. The zero-order valence-corrected chi connectivity index (χ0v) is 26.3. The third-order valence-corrected chi connectivity index (χ3v) is 6.72. The molecule has 41 heavy (non-hydrogen) atoms. The second kappa shape index (κ2) is 22.6. The van der Waals surface area contributed by atoms with Crippen molar-refractivity contribution in [1.82, 2.24) is 10.6 Å². The van der Waals surface area contributed by atoms with Gasteiger partial charge in [0.2, 0.25) is 5.91 Å². The molecule has 0 aliphatic rings. The van der Waals surface area contributed by atoms with Gasteiger partial charge in [0, 0.05) is 13.5 Å². The van der Waals surface area contributed by atoms with E-state index in [1.165, 1.54) is 71.5 Å². The number of allylic oxidation sites excluding steroid dienone is 1. The molecule has 0 aromatic rings. The van der Waals surface area contributed by atoms with E-state index >= 15 is 0 Å². The van der Waals surface area contributed by atoms with Crippen molar-refractivity contribution in [2.45, 2.75) is 142 Å². The number of carbonyl (C=O) groups is 3. The number of unbranched alkanes of at least 4 members (excludes halogenated alkanes) is 10. The average Bonchev–Trinajstić information content (AvgIpc) is 2.91. The van der Waals surface area contributed by atoms with Crippen molar-refractivity contribution in [1.29, 1.82) is 0 Å². The molecule has 2 amide bonds. The lowest BCUT2D eigenvalue weighted by molar-refractivity contribution is -0.150. The number of nitrogens with one attached hydrogen (secondary N) is 2. The van der Waals surface area contributed by atoms with Crippen LogP contribution in [0, 0.1) is 5.41 Å². The Bertz CT molecular complexity index is 753. The fraction of sp³-hybridized carbons (Fsp3) is 0.839. The molecule has 0 bridgehead atoms. The third-order valence-electron chi connectivity index (χ3n) is 6.72. The number of hydrogen-bond donors (Lipinski definition) is 5. The Hall–Kier alpha value is -2.01. The summed E-state index contributed by atoms with van der Waals surface area (Å²) in [5, 5.41) is 35.8. The maximum absolute atomic E-state index is 12.6. The minimum atomic E-state index is -1.74. The number of carbonyl (C=O) groups excluding carboxylic acids is 3. The molecule has 10 heteroatoms. The number of aliphatic hydroxyl groups excluding tert-OH is 3. The molecule has 5 N–H and O–H groups in total. The summed E-state index contributed by atoms with van der Waals surface area (Å²) in [6.45, 7) is 9.49. The average molecular weight is 587 g/mol. The SMILES string of the molecule is CCCCCCCCCCCCCC(=O)OCCNC(=O)[C@H](C)NC(=O)[C@H](OC)[C@H](O)[C@@H](O)[C@H](O)C=CC(C)(C)C. The van der Waals surface area contributed by atoms with Crippen molar-refractivity contribution in [2.75, 3.05) is 20.3 Å². The number of ether oxygens (including phenoxy) is 2. The summed E-state index contributed by atoms with van der Waals surface area (Å²) in [4.78, 5) is 36.8. The number of aliphatic hydroxyl groups is 3. The van der Waals surface area contributed by atoms with Crippen LogP contribution in [0.15, 0.2) is 12.2 Å². The van der Waals surface area contributed by atoms with Gasteiger partial charge in [-0.05, 0) is 18.8 Å². The van der Waals surface area contributed by atoms with Gasteiger partial charge in [0.05, 0.1) is 6.54 Å². The summed E-state index contributed by atoms with van der Waals surface area (Å²) >= 11 is 0. The van der Waals surface area contributed by atoms with Crippen molar-refractivity contribution in [3.63, 3.8) is 0 Å². The lowest BCUT2D eigenvalue weighted by atomic mass is 9.94. The number of esters is 1. The minimum Gasteiger partial charge on any atom is -0.464 e. The van der Waals surface area contributed by atoms with E-state index in [1.807, 2.05) is 20.8 Å². The van der Waals surface area contributed by atoms with Gasteiger partial charge >= 0.3 is 5.97 Å². The topological polar surface area (TPSA) is 154 Å². The molecule has 0 aromatic carbocycles. The highest BCUT2D eigenvalue weighted by Crippen LogP contribution is 2.17. The molecule has 0 heterocycles. The van der Waals surface area contributed by atoms with Gasteiger partial charge in [-0.15, -0.1) is 0 Å². The molecule has 240 valence electrons. The Morgan fingerprint density at radius 3 is 1.88 bits per heavy atom. The molecular formula is C31H58N2O8. The maximum Gasteiger partial charge on any atom is 0.305 e. The van der Waals surface area contributed by atoms with Crippen LogP contribution in [0.25, 0.3) is 0 Å². The number of rotatable bonds is 23. The van der Waals surface area contributed by atoms with Crippen LogP contribution in [0.2, 0.25) is 0 Å². The largest absolute Gasteiger partial charge is 0.464 e. The fourth-order valence-corrected chi connectivity index (χ4v) is 4.14. The summed E-state index contributed by atoms with van der Waals surface area (Å²) in [5.74, 6) is -1.64. The highest BCUT2D eigenvalue weighted by molar-refractivity contribution is 5.89. The van der Waals surface area contributed by atoms with E-state index in [4.69, 9.17) is 9.47 Å². The van der Waals surface area contributed by atoms with Crippen LogP contribution in [0.4, 0.5) is 0 Å². The number of amides is 2. The molecule has 0 unspecified atom stereocenters. The van der Waals surface area contributed by atoms with Crippen molar-refractivity contribution in [3.05, 3.63) is 12.2 Å². The Morgan fingerprint density at radius 1 is 0.829 bits per heavy atom. The summed E-state index contributed by atoms with van der Waals surface area (Å²) in [7, 11) is 1.17. The van der Waals surface area contributed by atoms with Crippen molar-refractivity contribution < 1.29 is 39.2 Å². The van der Waals surface area contributed by atoms with Gasteiger partial charge in [0.25, 0.3) is 5.91 Å². The first kappa shape index (κ1) is 39.0. The van der Waals surface area contributed by atoms with Gasteiger partial charge in [0.15, 0.2) is 6.10 Å². The molecule has 0 radical (unpaired) electrons. The van der Waals surface area contributed by atoms with Crippen molar-refractivity contribution in [2.24, 2.45) is 5.41 Å². The highest BCUT2D eigenvalue weighted by Gasteiger charge is 2.36. The Kier molecular flexibility index (Phi) is 21.5. The zero-order valence-electron chi connectivity index (χ0n) is 26.3. The molecule has 0 aliphatic carbocycles. The summed E-state index contributed by atoms with van der Waals surface area (Å²) in [6, 6.07) is -0.984. The Morgan fingerprint density at radius 2 is 1.37 bits per heavy atom. The van der Waals surface area contributed by atoms with Crippen molar-refractivity contribution >= 4 is 17.8 Å². The second-order valence-corrected chi connectivity index (χ2v) is 11.9. The van der Waals surface area contributed by atoms with Gasteiger partial charge < -0.3 is 35.4 Å². The number of methoxy groups -OCH3 is 1. The van der Waals surface area contributed by atoms with Gasteiger partial charge in [-0.1, -0.05) is 104 Å². The molecule has 5 atom stereocenters. The maximum atomic E-state index is 12.6. The number of hydrogen-bond acceptors (Lipinski definition) is 8. The molecule has 0 aromatic heterocycles. The predicted octanol–water partition coefficient (Wildman–Crippen LogP) is 3.55. The van der Waals surface area contributed by atoms with E-state index in [1.54, 1.807) is 6.08 Å². The van der Waals surface area contributed by atoms with E-state index in [0.717, 1.165) is 19.3 Å². The van der Waals surface area contributed by atoms with Crippen LogP contribution in [0.1, 0.15) is 112 Å². The normalized spacial score (nSPS) is 15.6. The van der Waals surface area contributed by atoms with Gasteiger partial charge in [0.1, 0.15) is 31.0 Å². The van der Waals surface area contributed by atoms with Gasteiger partial charge in [-0.3, -0.25) is 14.4 Å². The zero-order chi connectivity index (χ0) is 31.3. The molecule has 0 fully saturated rings. The first-order valence-corrected chi connectivity index (χ1v) is 15.3. The lowest BCUT2D eigenvalue weighted by Gasteiger charge is -2.28. The Labute approximate surface area is 247 Å². The predicted molar refractivity (Wildman–Crippen MR) is 160 cm³/mol. The van der Waals surface area contributed by atoms with Gasteiger partial charge in [-0.25, -0.2) is 0 Å². The quantitative estimate of drug-likeness (QED) is 0.0692. The molecule has 0 saturated heterocycles. The first-order valence-electron chi connectivity index (χ1n) is 15.3. The van der Waals surface area contributed by atoms with Crippen LogP contribution in [-0.2, 0) is 23.9 Å². The van der Waals surface area contributed by atoms with E-state index < -0.39 is 42.3 Å². The van der Waals surface area contributed by atoms with Crippen LogP contribution < -0.4 is 10.6 Å². The van der Waals surface area contributed by atoms with Crippen molar-refractivity contribution in [3.8, 4) is 0 Å². The summed E-state index contributed by atoms with van der Waals surface area (Å²) < 4.78 is 10.2. The van der Waals surface area contributed by atoms with Crippen LogP contribution >= 0.6 is 0 Å². The fourth-order valence-electron chi connectivity index (χ4n) is 4.14. The van der Waals surface area contributed by atoms with E-state index in [9.17, 15) is 29.7 Å². The van der Waals surface area contributed by atoms with Crippen LogP contribution in [0.3, 0.4) is 0 Å².